The SMILES string of the molecule is CCn1cc(-c2ccc(CNC(C)C)c(F)c2)cn1. The summed E-state index contributed by atoms with van der Waals surface area (Å²) in [6.45, 7) is 7.49. The van der Waals surface area contributed by atoms with E-state index in [1.54, 1.807) is 12.3 Å². The van der Waals surface area contributed by atoms with Crippen LogP contribution in [-0.4, -0.2) is 15.8 Å². The van der Waals surface area contributed by atoms with Crippen LogP contribution in [0.25, 0.3) is 11.1 Å². The first-order valence-corrected chi connectivity index (χ1v) is 6.64. The van der Waals surface area contributed by atoms with Crippen molar-refractivity contribution < 1.29 is 4.39 Å². The number of nitrogens with zero attached hydrogens (tertiary/aromatic N) is 2. The van der Waals surface area contributed by atoms with Crippen molar-refractivity contribution in [3.8, 4) is 11.1 Å². The summed E-state index contributed by atoms with van der Waals surface area (Å²) in [6, 6.07) is 5.71. The molecule has 0 spiro atoms. The molecule has 1 N–H and O–H groups in total. The highest BCUT2D eigenvalue weighted by molar-refractivity contribution is 5.62. The summed E-state index contributed by atoms with van der Waals surface area (Å²) in [7, 11) is 0. The number of hydrogen-bond donors (Lipinski definition) is 1. The third-order valence-electron chi connectivity index (χ3n) is 3.04. The lowest BCUT2D eigenvalue weighted by molar-refractivity contribution is 0.553. The van der Waals surface area contributed by atoms with E-state index in [1.165, 1.54) is 0 Å². The lowest BCUT2D eigenvalue weighted by atomic mass is 10.1. The number of rotatable bonds is 5. The molecule has 0 aliphatic carbocycles. The molecule has 3 nitrogen and oxygen atoms in total. The fourth-order valence-electron chi connectivity index (χ4n) is 1.87. The number of nitrogens with one attached hydrogen (secondary N) is 1. The maximum absolute atomic E-state index is 14.0. The first kappa shape index (κ1) is 13.7. The normalized spacial score (nSPS) is 11.2. The van der Waals surface area contributed by atoms with Crippen LogP contribution in [0.1, 0.15) is 26.3 Å². The molecular formula is C15H20FN3. The van der Waals surface area contributed by atoms with Gasteiger partial charge in [0, 0.05) is 36.5 Å². The van der Waals surface area contributed by atoms with Gasteiger partial charge in [0.05, 0.1) is 6.20 Å². The lowest BCUT2D eigenvalue weighted by Crippen LogP contribution is -2.22. The summed E-state index contributed by atoms with van der Waals surface area (Å²) in [4.78, 5) is 0. The van der Waals surface area contributed by atoms with Gasteiger partial charge in [-0.3, -0.25) is 4.68 Å². The van der Waals surface area contributed by atoms with Crippen LogP contribution in [-0.2, 0) is 13.1 Å². The molecule has 0 saturated carbocycles. The third kappa shape index (κ3) is 3.41. The van der Waals surface area contributed by atoms with Gasteiger partial charge < -0.3 is 5.32 Å². The molecule has 0 unspecified atom stereocenters. The first-order valence-electron chi connectivity index (χ1n) is 6.64. The average molecular weight is 261 g/mol. The van der Waals surface area contributed by atoms with E-state index in [0.717, 1.165) is 17.7 Å². The Kier molecular flexibility index (Phi) is 4.32. The molecule has 2 rings (SSSR count). The molecule has 1 heterocycles. The van der Waals surface area contributed by atoms with Gasteiger partial charge in [-0.1, -0.05) is 26.0 Å². The zero-order valence-electron chi connectivity index (χ0n) is 11.7. The zero-order valence-corrected chi connectivity index (χ0v) is 11.7. The number of aryl methyl sites for hydroxylation is 1. The summed E-state index contributed by atoms with van der Waals surface area (Å²) in [5, 5.41) is 7.42. The van der Waals surface area contributed by atoms with Gasteiger partial charge in [-0.15, -0.1) is 0 Å². The van der Waals surface area contributed by atoms with Gasteiger partial charge in [0.1, 0.15) is 5.82 Å². The monoisotopic (exact) mass is 261 g/mol. The molecule has 102 valence electrons. The third-order valence-corrected chi connectivity index (χ3v) is 3.04. The predicted molar refractivity (Wildman–Crippen MR) is 75.3 cm³/mol. The average Bonchev–Trinajstić information content (AvgIpc) is 2.85. The Morgan fingerprint density at radius 1 is 1.32 bits per heavy atom. The molecule has 0 aliphatic heterocycles. The summed E-state index contributed by atoms with van der Waals surface area (Å²) in [5.74, 6) is -0.171. The highest BCUT2D eigenvalue weighted by Gasteiger charge is 2.07. The van der Waals surface area contributed by atoms with Crippen molar-refractivity contribution in [1.82, 2.24) is 15.1 Å². The van der Waals surface area contributed by atoms with E-state index < -0.39 is 0 Å². The fraction of sp³-hybridized carbons (Fsp3) is 0.400. The zero-order chi connectivity index (χ0) is 13.8. The Balaban J connectivity index is 2.18. The van der Waals surface area contributed by atoms with E-state index >= 15 is 0 Å². The minimum atomic E-state index is -0.171. The maximum Gasteiger partial charge on any atom is 0.128 e. The van der Waals surface area contributed by atoms with E-state index in [0.29, 0.717) is 18.2 Å². The number of halogens is 1. The van der Waals surface area contributed by atoms with Crippen LogP contribution >= 0.6 is 0 Å². The van der Waals surface area contributed by atoms with Crippen LogP contribution in [0.4, 0.5) is 4.39 Å². The van der Waals surface area contributed by atoms with Gasteiger partial charge in [-0.05, 0) is 18.6 Å². The first-order chi connectivity index (χ1) is 9.10. The van der Waals surface area contributed by atoms with Gasteiger partial charge in [0.25, 0.3) is 0 Å². The van der Waals surface area contributed by atoms with E-state index in [9.17, 15) is 4.39 Å². The standard InChI is InChI=1S/C15H20FN3/c1-4-19-10-14(9-18-19)12-5-6-13(15(16)7-12)8-17-11(2)3/h5-7,9-11,17H,4,8H2,1-3H3. The molecule has 4 heteroatoms. The van der Waals surface area contributed by atoms with Crippen LogP contribution in [0.15, 0.2) is 30.6 Å². The molecule has 0 aliphatic rings. The lowest BCUT2D eigenvalue weighted by Gasteiger charge is -2.09. The van der Waals surface area contributed by atoms with Gasteiger partial charge in [-0.25, -0.2) is 4.39 Å². The Bertz CT molecular complexity index is 546. The fourth-order valence-corrected chi connectivity index (χ4v) is 1.87. The van der Waals surface area contributed by atoms with Gasteiger partial charge >= 0.3 is 0 Å². The van der Waals surface area contributed by atoms with Crippen LogP contribution < -0.4 is 5.32 Å². The quantitative estimate of drug-likeness (QED) is 0.895. The second-order valence-electron chi connectivity index (χ2n) is 4.93. The van der Waals surface area contributed by atoms with Crippen LogP contribution in [0.2, 0.25) is 0 Å². The Labute approximate surface area is 113 Å². The van der Waals surface area contributed by atoms with Gasteiger partial charge in [-0.2, -0.15) is 5.10 Å². The Morgan fingerprint density at radius 3 is 2.68 bits per heavy atom. The highest BCUT2D eigenvalue weighted by Crippen LogP contribution is 2.21. The van der Waals surface area contributed by atoms with Crippen molar-refractivity contribution in [2.45, 2.75) is 39.9 Å². The van der Waals surface area contributed by atoms with E-state index in [-0.39, 0.29) is 5.82 Å². The molecule has 2 aromatic rings. The van der Waals surface area contributed by atoms with E-state index in [4.69, 9.17) is 0 Å². The molecule has 19 heavy (non-hydrogen) atoms. The summed E-state index contributed by atoms with van der Waals surface area (Å²) >= 11 is 0. The molecular weight excluding hydrogens is 241 g/mol. The smallest absolute Gasteiger partial charge is 0.128 e. The summed E-state index contributed by atoms with van der Waals surface area (Å²) in [6.07, 6.45) is 3.70. The summed E-state index contributed by atoms with van der Waals surface area (Å²) in [5.41, 5.74) is 2.51. The van der Waals surface area contributed by atoms with Crippen molar-refractivity contribution in [3.63, 3.8) is 0 Å². The maximum atomic E-state index is 14.0. The van der Waals surface area contributed by atoms with E-state index in [1.807, 2.05) is 43.8 Å². The predicted octanol–water partition coefficient (Wildman–Crippen LogP) is 3.21. The summed E-state index contributed by atoms with van der Waals surface area (Å²) < 4.78 is 15.8. The van der Waals surface area contributed by atoms with Crippen molar-refractivity contribution in [1.29, 1.82) is 0 Å². The second-order valence-corrected chi connectivity index (χ2v) is 4.93. The largest absolute Gasteiger partial charge is 0.310 e. The van der Waals surface area contributed by atoms with Crippen molar-refractivity contribution in [2.24, 2.45) is 0 Å². The minimum absolute atomic E-state index is 0.171. The number of hydrogen-bond acceptors (Lipinski definition) is 2. The minimum Gasteiger partial charge on any atom is -0.310 e. The molecule has 0 fully saturated rings. The van der Waals surface area contributed by atoms with Crippen molar-refractivity contribution in [2.75, 3.05) is 0 Å². The Morgan fingerprint density at radius 2 is 2.11 bits per heavy atom. The molecule has 0 atom stereocenters. The van der Waals surface area contributed by atoms with E-state index in [2.05, 4.69) is 10.4 Å². The second kappa shape index (κ2) is 5.97. The Hall–Kier alpha value is -1.68. The topological polar surface area (TPSA) is 29.9 Å². The molecule has 0 amide bonds. The van der Waals surface area contributed by atoms with Crippen molar-refractivity contribution in [3.05, 3.63) is 42.0 Å². The van der Waals surface area contributed by atoms with Gasteiger partial charge in [0.2, 0.25) is 0 Å². The van der Waals surface area contributed by atoms with Crippen molar-refractivity contribution >= 4 is 0 Å². The van der Waals surface area contributed by atoms with Crippen LogP contribution in [0, 0.1) is 5.82 Å². The number of benzene rings is 1. The number of aromatic nitrogens is 2. The van der Waals surface area contributed by atoms with Gasteiger partial charge in [0.15, 0.2) is 0 Å². The van der Waals surface area contributed by atoms with Crippen LogP contribution in [0.3, 0.4) is 0 Å². The van der Waals surface area contributed by atoms with Crippen LogP contribution in [0.5, 0.6) is 0 Å². The highest BCUT2D eigenvalue weighted by atomic mass is 19.1. The molecule has 1 aromatic heterocycles. The molecule has 0 radical (unpaired) electrons. The molecule has 1 aromatic carbocycles. The molecule has 0 bridgehead atoms. The molecule has 0 saturated heterocycles.